The summed E-state index contributed by atoms with van der Waals surface area (Å²) in [5.41, 5.74) is 0. The monoisotopic (exact) mass is 152 g/mol. The third-order valence-corrected chi connectivity index (χ3v) is 2.12. The summed E-state index contributed by atoms with van der Waals surface area (Å²) in [5.74, 6) is -0.795. The predicted octanol–water partition coefficient (Wildman–Crippen LogP) is 1.51. The van der Waals surface area contributed by atoms with E-state index in [9.17, 15) is 4.79 Å². The van der Waals surface area contributed by atoms with Crippen molar-refractivity contribution < 1.29 is 9.90 Å². The van der Waals surface area contributed by atoms with Crippen molar-refractivity contribution in [1.82, 2.24) is 0 Å². The minimum Gasteiger partial charge on any atom is -0.481 e. The maximum absolute atomic E-state index is 9.97. The Morgan fingerprint density at radius 2 is 2.12 bits per heavy atom. The highest BCUT2D eigenvalue weighted by molar-refractivity contribution is 7.20. The summed E-state index contributed by atoms with van der Waals surface area (Å²) in [7, 11) is -1.85. The molecule has 0 aliphatic rings. The normalized spacial score (nSPS) is 11.4. The summed E-state index contributed by atoms with van der Waals surface area (Å²) in [6.07, 6.45) is 0. The molecule has 0 saturated heterocycles. The zero-order valence-electron chi connectivity index (χ0n) is 4.94. The van der Waals surface area contributed by atoms with Gasteiger partial charge in [0.2, 0.25) is 0 Å². The van der Waals surface area contributed by atoms with E-state index in [-0.39, 0.29) is 6.04 Å². The van der Waals surface area contributed by atoms with E-state index in [4.69, 9.17) is 16.2 Å². The number of hydrogen-bond donors (Lipinski definition) is 1. The number of halogens is 1. The molecule has 0 aromatic heterocycles. The van der Waals surface area contributed by atoms with Gasteiger partial charge in [-0.05, 0) is 0 Å². The fourth-order valence-electron chi connectivity index (χ4n) is 0.360. The zero-order valence-corrected chi connectivity index (χ0v) is 6.70. The number of hydrogen-bond acceptors (Lipinski definition) is 1. The van der Waals surface area contributed by atoms with E-state index in [1.165, 1.54) is 0 Å². The van der Waals surface area contributed by atoms with E-state index in [1.54, 1.807) is 0 Å². The molecule has 0 atom stereocenters. The maximum atomic E-state index is 9.97. The van der Waals surface area contributed by atoms with Crippen molar-refractivity contribution in [1.29, 1.82) is 0 Å². The molecule has 0 rings (SSSR count). The molecule has 8 heavy (non-hydrogen) atoms. The van der Waals surface area contributed by atoms with E-state index < -0.39 is 13.4 Å². The smallest absolute Gasteiger partial charge is 0.301 e. The Morgan fingerprint density at radius 1 is 1.75 bits per heavy atom. The fourth-order valence-corrected chi connectivity index (χ4v) is 1.42. The average Bonchev–Trinajstić information content (AvgIpc) is 1.21. The van der Waals surface area contributed by atoms with Crippen LogP contribution >= 0.6 is 11.1 Å². The molecule has 0 heterocycles. The van der Waals surface area contributed by atoms with Crippen LogP contribution in [0.5, 0.6) is 0 Å². The van der Waals surface area contributed by atoms with Gasteiger partial charge >= 0.3 is 5.97 Å². The average molecular weight is 153 g/mol. The van der Waals surface area contributed by atoms with Gasteiger partial charge in [0.1, 0.15) is 0 Å². The summed E-state index contributed by atoms with van der Waals surface area (Å²) in [4.78, 5) is 9.97. The van der Waals surface area contributed by atoms with Crippen LogP contribution in [0, 0.1) is 0 Å². The van der Waals surface area contributed by atoms with Gasteiger partial charge in [-0.25, -0.2) is 0 Å². The van der Waals surface area contributed by atoms with Crippen LogP contribution in [0.15, 0.2) is 0 Å². The third kappa shape index (κ3) is 5.98. The molecule has 0 aliphatic carbocycles. The second-order valence-electron chi connectivity index (χ2n) is 2.29. The Balaban J connectivity index is 3.55. The van der Waals surface area contributed by atoms with Gasteiger partial charge in [0.15, 0.2) is 7.38 Å². The van der Waals surface area contributed by atoms with E-state index in [1.807, 2.05) is 13.1 Å². The third-order valence-electron chi connectivity index (χ3n) is 0.572. The first-order valence-electron chi connectivity index (χ1n) is 2.32. The van der Waals surface area contributed by atoms with Crippen molar-refractivity contribution in [2.45, 2.75) is 19.1 Å². The lowest BCUT2D eigenvalue weighted by atomic mass is 10.8. The van der Waals surface area contributed by atoms with E-state index >= 15 is 0 Å². The number of carbonyl (C=O) groups is 1. The predicted molar refractivity (Wildman–Crippen MR) is 35.8 cm³/mol. The molecule has 0 aromatic carbocycles. The molecule has 0 fully saturated rings. The van der Waals surface area contributed by atoms with Crippen molar-refractivity contribution in [3.8, 4) is 0 Å². The van der Waals surface area contributed by atoms with Crippen LogP contribution in [0.4, 0.5) is 0 Å². The van der Waals surface area contributed by atoms with Crippen LogP contribution in [0.1, 0.15) is 0 Å². The number of rotatable bonds is 2. The molecular formula is C4H9ClO2Si. The van der Waals surface area contributed by atoms with E-state index in [2.05, 4.69) is 0 Å². The number of carboxylic acid groups (broad SMARTS) is 1. The molecule has 0 bridgehead atoms. The van der Waals surface area contributed by atoms with Crippen molar-refractivity contribution in [3.05, 3.63) is 0 Å². The van der Waals surface area contributed by atoms with E-state index in [0.29, 0.717) is 0 Å². The Kier molecular flexibility index (Phi) is 2.50. The van der Waals surface area contributed by atoms with Gasteiger partial charge in [-0.1, -0.05) is 13.1 Å². The Morgan fingerprint density at radius 3 is 2.12 bits per heavy atom. The van der Waals surface area contributed by atoms with Crippen molar-refractivity contribution in [2.24, 2.45) is 0 Å². The Bertz CT molecular complexity index is 96.7. The zero-order chi connectivity index (χ0) is 6.78. The lowest BCUT2D eigenvalue weighted by Crippen LogP contribution is -2.20. The maximum Gasteiger partial charge on any atom is 0.301 e. The highest BCUT2D eigenvalue weighted by Crippen LogP contribution is 2.12. The van der Waals surface area contributed by atoms with Crippen LogP contribution in [-0.2, 0) is 4.79 Å². The van der Waals surface area contributed by atoms with Gasteiger partial charge < -0.3 is 5.11 Å². The first-order valence-corrected chi connectivity index (χ1v) is 6.54. The number of aliphatic carboxylic acids is 1. The summed E-state index contributed by atoms with van der Waals surface area (Å²) in [6.45, 7) is 3.62. The fraction of sp³-hybridized carbons (Fsp3) is 0.750. The van der Waals surface area contributed by atoms with Gasteiger partial charge in [-0.3, -0.25) is 4.79 Å². The highest BCUT2D eigenvalue weighted by Gasteiger charge is 2.20. The minimum atomic E-state index is -1.85. The summed E-state index contributed by atoms with van der Waals surface area (Å²) in [5, 5.41) is 8.20. The summed E-state index contributed by atoms with van der Waals surface area (Å²) < 4.78 is 0. The quantitative estimate of drug-likeness (QED) is 0.481. The largest absolute Gasteiger partial charge is 0.481 e. The highest BCUT2D eigenvalue weighted by atomic mass is 35.6. The molecule has 0 spiro atoms. The van der Waals surface area contributed by atoms with Crippen LogP contribution in [0.2, 0.25) is 19.1 Å². The lowest BCUT2D eigenvalue weighted by Gasteiger charge is -2.06. The summed E-state index contributed by atoms with van der Waals surface area (Å²) >= 11 is 5.69. The second kappa shape index (κ2) is 2.50. The standard InChI is InChI=1S/C4H9ClO2Si/c1-8(2,5)3-4(6)7/h3H2,1-2H3,(H,6,7). The molecule has 1 N–H and O–H groups in total. The molecule has 0 aliphatic heterocycles. The molecule has 2 nitrogen and oxygen atoms in total. The Labute approximate surface area is 54.2 Å². The number of carboxylic acids is 1. The molecule has 4 heteroatoms. The van der Waals surface area contributed by atoms with Gasteiger partial charge in [-0.15, -0.1) is 0 Å². The SMILES string of the molecule is C[Si](C)(Cl)CC(=O)O. The van der Waals surface area contributed by atoms with Crippen LogP contribution in [0.3, 0.4) is 0 Å². The molecule has 0 saturated carbocycles. The molecule has 0 aromatic rings. The second-order valence-corrected chi connectivity index (χ2v) is 9.15. The van der Waals surface area contributed by atoms with Gasteiger partial charge in [0.25, 0.3) is 0 Å². The van der Waals surface area contributed by atoms with Crippen LogP contribution in [0.25, 0.3) is 0 Å². The molecule has 48 valence electrons. The van der Waals surface area contributed by atoms with Gasteiger partial charge in [0, 0.05) is 0 Å². The van der Waals surface area contributed by atoms with E-state index in [0.717, 1.165) is 0 Å². The van der Waals surface area contributed by atoms with Gasteiger partial charge in [-0.2, -0.15) is 11.1 Å². The lowest BCUT2D eigenvalue weighted by molar-refractivity contribution is -0.134. The molecule has 0 unspecified atom stereocenters. The molecule has 0 amide bonds. The van der Waals surface area contributed by atoms with Crippen molar-refractivity contribution in [2.75, 3.05) is 0 Å². The first-order chi connectivity index (χ1) is 3.42. The van der Waals surface area contributed by atoms with Crippen LogP contribution in [-0.4, -0.2) is 18.5 Å². The molecule has 0 radical (unpaired) electrons. The van der Waals surface area contributed by atoms with Crippen molar-refractivity contribution in [3.63, 3.8) is 0 Å². The van der Waals surface area contributed by atoms with Crippen molar-refractivity contribution >= 4 is 24.4 Å². The first kappa shape index (κ1) is 7.98. The minimum absolute atomic E-state index is 0.147. The molecular weight excluding hydrogens is 144 g/mol. The van der Waals surface area contributed by atoms with Gasteiger partial charge in [0.05, 0.1) is 6.04 Å². The topological polar surface area (TPSA) is 37.3 Å². The van der Waals surface area contributed by atoms with Crippen LogP contribution < -0.4 is 0 Å². The Hall–Kier alpha value is -0.0231. The summed E-state index contributed by atoms with van der Waals surface area (Å²) in [6, 6.07) is 0.147.